The van der Waals surface area contributed by atoms with E-state index in [4.69, 9.17) is 4.74 Å². The molecule has 0 amide bonds. The van der Waals surface area contributed by atoms with Crippen molar-refractivity contribution in [2.45, 2.75) is 112 Å². The third kappa shape index (κ3) is 4.46. The van der Waals surface area contributed by atoms with Crippen molar-refractivity contribution in [1.29, 1.82) is 0 Å². The lowest BCUT2D eigenvalue weighted by molar-refractivity contribution is -0.436. The van der Waals surface area contributed by atoms with Gasteiger partial charge in [-0.2, -0.15) is 0 Å². The first kappa shape index (κ1) is 25.7. The summed E-state index contributed by atoms with van der Waals surface area (Å²) in [5.74, 6) is 4.68. The molecule has 0 aliphatic heterocycles. The molecule has 4 aliphatic rings. The minimum absolute atomic E-state index is 0.0583. The Morgan fingerprint density at radius 3 is 2.41 bits per heavy atom. The maximum atomic E-state index is 12.0. The van der Waals surface area contributed by atoms with Gasteiger partial charge in [-0.25, -0.2) is 0 Å². The number of ether oxygens (including phenoxy) is 1. The number of hydrogen-bond donors (Lipinski definition) is 0. The summed E-state index contributed by atoms with van der Waals surface area (Å²) in [6, 6.07) is 0. The van der Waals surface area contributed by atoms with Gasteiger partial charge >= 0.3 is 5.97 Å². The van der Waals surface area contributed by atoms with Crippen molar-refractivity contribution < 1.29 is 14.5 Å². The molecule has 3 fully saturated rings. The molecule has 0 saturated heterocycles. The predicted molar refractivity (Wildman–Crippen MR) is 134 cm³/mol. The number of nitrogens with zero attached hydrogens (tertiary/aromatic N) is 1. The van der Waals surface area contributed by atoms with Gasteiger partial charge in [-0.05, 0) is 90.8 Å². The Bertz CT molecular complexity index is 834. The van der Waals surface area contributed by atoms with Crippen molar-refractivity contribution in [3.8, 4) is 0 Å². The van der Waals surface area contributed by atoms with E-state index in [0.717, 1.165) is 30.1 Å². The average Bonchev–Trinajstić information content (AvgIpc) is 3.10. The first-order valence-corrected chi connectivity index (χ1v) is 14.0. The second-order valence-corrected chi connectivity index (χ2v) is 13.3. The van der Waals surface area contributed by atoms with Crippen molar-refractivity contribution in [2.75, 3.05) is 0 Å². The molecule has 5 heteroatoms. The molecule has 4 aliphatic carbocycles. The Kier molecular flexibility index (Phi) is 7.24. The van der Waals surface area contributed by atoms with Crippen LogP contribution in [0, 0.1) is 62.4 Å². The van der Waals surface area contributed by atoms with Crippen molar-refractivity contribution in [3.63, 3.8) is 0 Å². The van der Waals surface area contributed by atoms with Crippen LogP contribution in [0.2, 0.25) is 0 Å². The third-order valence-corrected chi connectivity index (χ3v) is 11.1. The van der Waals surface area contributed by atoms with E-state index in [2.05, 4.69) is 34.6 Å². The molecule has 0 aromatic carbocycles. The van der Waals surface area contributed by atoms with Gasteiger partial charge in [0.1, 0.15) is 0 Å². The molecule has 192 valence electrons. The van der Waals surface area contributed by atoms with Crippen LogP contribution >= 0.6 is 0 Å². The summed E-state index contributed by atoms with van der Waals surface area (Å²) >= 11 is 0. The van der Waals surface area contributed by atoms with Crippen LogP contribution in [-0.4, -0.2) is 10.9 Å². The molecule has 0 N–H and O–H groups in total. The molecule has 3 saturated carbocycles. The number of carbonyl (C=O) groups excluding carboxylic acids is 1. The van der Waals surface area contributed by atoms with Crippen molar-refractivity contribution >= 4 is 5.97 Å². The van der Waals surface area contributed by atoms with Gasteiger partial charge in [0, 0.05) is 19.8 Å². The highest BCUT2D eigenvalue weighted by Gasteiger charge is 2.61. The molecular formula is C29H47NO4. The Morgan fingerprint density at radius 1 is 1.06 bits per heavy atom. The van der Waals surface area contributed by atoms with E-state index in [1.54, 1.807) is 0 Å². The van der Waals surface area contributed by atoms with E-state index in [9.17, 15) is 14.9 Å². The lowest BCUT2D eigenvalue weighted by Gasteiger charge is -2.60. The summed E-state index contributed by atoms with van der Waals surface area (Å²) in [6.07, 6.45) is 12.6. The normalized spacial score (nSPS) is 40.4. The molecular weight excluding hydrogens is 426 g/mol. The van der Waals surface area contributed by atoms with E-state index >= 15 is 0 Å². The van der Waals surface area contributed by atoms with E-state index in [-0.39, 0.29) is 16.0 Å². The maximum Gasteiger partial charge on any atom is 0.307 e. The third-order valence-electron chi connectivity index (χ3n) is 11.1. The topological polar surface area (TPSA) is 69.4 Å². The van der Waals surface area contributed by atoms with Crippen LogP contribution in [0.3, 0.4) is 0 Å². The molecule has 0 heterocycles. The number of allylic oxidation sites excluding steroid dienone is 2. The van der Waals surface area contributed by atoms with Gasteiger partial charge in [-0.1, -0.05) is 53.9 Å². The zero-order valence-corrected chi connectivity index (χ0v) is 22.4. The van der Waals surface area contributed by atoms with Crippen LogP contribution in [0.15, 0.2) is 11.5 Å². The van der Waals surface area contributed by atoms with E-state index in [1.165, 1.54) is 58.3 Å². The highest BCUT2D eigenvalue weighted by molar-refractivity contribution is 5.67. The lowest BCUT2D eigenvalue weighted by atomic mass is 9.44. The van der Waals surface area contributed by atoms with Crippen LogP contribution in [0.1, 0.15) is 112 Å². The molecule has 0 aromatic heterocycles. The summed E-state index contributed by atoms with van der Waals surface area (Å²) in [7, 11) is 0. The largest absolute Gasteiger partial charge is 0.424 e. The number of hydrogen-bond acceptors (Lipinski definition) is 4. The van der Waals surface area contributed by atoms with Crippen LogP contribution in [-0.2, 0) is 9.53 Å². The average molecular weight is 474 g/mol. The lowest BCUT2D eigenvalue weighted by Crippen LogP contribution is -2.53. The standard InChI is InChI=1S/C29H47NO4/c1-18(2)8-7-9-19(3)23-12-13-24-22-11-10-21-16-27(34-20(4)31)26(30(32)33)17-29(21,6)25(22)14-15-28(23,24)5/h18-19,21-25H,7-17H2,1-6H3/t19-,21+,22-,23-,24+,25-,28-,29+/m1/s1. The Morgan fingerprint density at radius 2 is 1.76 bits per heavy atom. The number of nitro groups is 1. The fraction of sp³-hybridized carbons (Fsp3) is 0.897. The van der Waals surface area contributed by atoms with Crippen molar-refractivity contribution in [1.82, 2.24) is 0 Å². The van der Waals surface area contributed by atoms with Crippen molar-refractivity contribution in [2.24, 2.45) is 52.3 Å². The summed E-state index contributed by atoms with van der Waals surface area (Å²) in [4.78, 5) is 23.3. The van der Waals surface area contributed by atoms with Crippen LogP contribution < -0.4 is 0 Å². The molecule has 0 unspecified atom stereocenters. The minimum Gasteiger partial charge on any atom is -0.424 e. The molecule has 5 nitrogen and oxygen atoms in total. The van der Waals surface area contributed by atoms with Gasteiger partial charge in [0.05, 0.1) is 4.92 Å². The van der Waals surface area contributed by atoms with Gasteiger partial charge in [-0.3, -0.25) is 14.9 Å². The monoisotopic (exact) mass is 473 g/mol. The summed E-state index contributed by atoms with van der Waals surface area (Å²) in [5, 5.41) is 12.0. The Hall–Kier alpha value is -1.39. The molecule has 0 spiro atoms. The van der Waals surface area contributed by atoms with Crippen LogP contribution in [0.5, 0.6) is 0 Å². The zero-order chi connectivity index (χ0) is 24.8. The van der Waals surface area contributed by atoms with Crippen LogP contribution in [0.4, 0.5) is 0 Å². The van der Waals surface area contributed by atoms with E-state index < -0.39 is 5.97 Å². The molecule has 0 radical (unpaired) electrons. The van der Waals surface area contributed by atoms with Gasteiger partial charge in [0.15, 0.2) is 5.76 Å². The number of fused-ring (bicyclic) bond motifs is 5. The van der Waals surface area contributed by atoms with Crippen LogP contribution in [0.25, 0.3) is 0 Å². The summed E-state index contributed by atoms with van der Waals surface area (Å²) < 4.78 is 5.37. The Labute approximate surface area is 206 Å². The van der Waals surface area contributed by atoms with Gasteiger partial charge in [-0.15, -0.1) is 0 Å². The summed E-state index contributed by atoms with van der Waals surface area (Å²) in [6.45, 7) is 13.4. The predicted octanol–water partition coefficient (Wildman–Crippen LogP) is 7.77. The van der Waals surface area contributed by atoms with Gasteiger partial charge in [0.2, 0.25) is 0 Å². The molecule has 8 atom stereocenters. The quantitative estimate of drug-likeness (QED) is 0.215. The Balaban J connectivity index is 1.53. The number of esters is 1. The fourth-order valence-electron chi connectivity index (χ4n) is 9.41. The number of rotatable bonds is 7. The SMILES string of the molecule is CC(=O)OC1=C([N+](=O)[O-])C[C@@]2(C)[C@@H](CC[C@H]3[C@H]2CC[C@]2(C)[C@@H]([C@H](C)CCCC(C)C)CC[C@@H]32)C1. The zero-order valence-electron chi connectivity index (χ0n) is 22.4. The highest BCUT2D eigenvalue weighted by Crippen LogP contribution is 2.68. The second kappa shape index (κ2) is 9.58. The van der Waals surface area contributed by atoms with Crippen molar-refractivity contribution in [3.05, 3.63) is 21.6 Å². The second-order valence-electron chi connectivity index (χ2n) is 13.3. The van der Waals surface area contributed by atoms with Gasteiger partial charge < -0.3 is 4.74 Å². The molecule has 4 rings (SSSR count). The number of carbonyl (C=O) groups is 1. The fourth-order valence-corrected chi connectivity index (χ4v) is 9.41. The smallest absolute Gasteiger partial charge is 0.307 e. The minimum atomic E-state index is -0.445. The van der Waals surface area contributed by atoms with E-state index in [1.807, 2.05) is 0 Å². The molecule has 0 bridgehead atoms. The van der Waals surface area contributed by atoms with E-state index in [0.29, 0.717) is 41.8 Å². The molecule has 0 aromatic rings. The highest BCUT2D eigenvalue weighted by atomic mass is 16.6. The molecule has 34 heavy (non-hydrogen) atoms. The summed E-state index contributed by atoms with van der Waals surface area (Å²) in [5.41, 5.74) is 0.532. The maximum absolute atomic E-state index is 12.0. The van der Waals surface area contributed by atoms with Gasteiger partial charge in [0.25, 0.3) is 5.70 Å². The first-order chi connectivity index (χ1) is 16.0. The first-order valence-electron chi connectivity index (χ1n) is 14.0.